The number of hydrogen-bond donors (Lipinski definition) is 2. The van der Waals surface area contributed by atoms with Crippen LogP contribution in [0.15, 0.2) is 18.2 Å². The Morgan fingerprint density at radius 3 is 2.52 bits per heavy atom. The third-order valence-corrected chi connectivity index (χ3v) is 2.36. The van der Waals surface area contributed by atoms with Gasteiger partial charge in [-0.25, -0.2) is 9.18 Å². The maximum Gasteiger partial charge on any atom is 0.419 e. The van der Waals surface area contributed by atoms with E-state index in [-0.39, 0.29) is 12.3 Å². The van der Waals surface area contributed by atoms with Gasteiger partial charge >= 0.3 is 12.1 Å². The Balaban J connectivity index is 2.89. The highest BCUT2D eigenvalue weighted by Gasteiger charge is 2.34. The van der Waals surface area contributed by atoms with Gasteiger partial charge in [0.25, 0.3) is 5.91 Å². The van der Waals surface area contributed by atoms with Gasteiger partial charge in [-0.1, -0.05) is 0 Å². The molecule has 0 bridgehead atoms. The first kappa shape index (κ1) is 16.9. The van der Waals surface area contributed by atoms with Crippen molar-refractivity contribution in [3.8, 4) is 0 Å². The van der Waals surface area contributed by atoms with Gasteiger partial charge in [0.2, 0.25) is 0 Å². The van der Waals surface area contributed by atoms with Crippen molar-refractivity contribution in [2.75, 3.05) is 11.9 Å². The molecule has 1 atom stereocenters. The molecule has 9 heteroatoms. The molecule has 1 rings (SSSR count). The lowest BCUT2D eigenvalue weighted by molar-refractivity contribution is -0.147. The summed E-state index contributed by atoms with van der Waals surface area (Å²) < 4.78 is 55.1. The van der Waals surface area contributed by atoms with Crippen LogP contribution in [0.5, 0.6) is 0 Å². The number of rotatable bonds is 4. The summed E-state index contributed by atoms with van der Waals surface area (Å²) in [5, 5.41) is 1.99. The van der Waals surface area contributed by atoms with Gasteiger partial charge in [-0.05, 0) is 25.1 Å². The second kappa shape index (κ2) is 6.53. The molecule has 0 aliphatic heterocycles. The average molecular weight is 308 g/mol. The number of esters is 1. The number of carbonyl (C=O) groups is 2. The van der Waals surface area contributed by atoms with E-state index >= 15 is 0 Å². The molecule has 0 heterocycles. The Morgan fingerprint density at radius 2 is 2.00 bits per heavy atom. The smallest absolute Gasteiger partial charge is 0.419 e. The van der Waals surface area contributed by atoms with Gasteiger partial charge in [-0.3, -0.25) is 4.79 Å². The molecule has 0 aliphatic carbocycles. The molecule has 1 amide bonds. The molecule has 116 valence electrons. The van der Waals surface area contributed by atoms with Crippen molar-refractivity contribution in [1.82, 2.24) is 0 Å². The van der Waals surface area contributed by atoms with Crippen LogP contribution in [0.2, 0.25) is 0 Å². The van der Waals surface area contributed by atoms with Gasteiger partial charge < -0.3 is 15.8 Å². The highest BCUT2D eigenvalue weighted by Crippen LogP contribution is 2.32. The Morgan fingerprint density at radius 1 is 1.38 bits per heavy atom. The standard InChI is InChI=1S/C12H12F4N2O3/c1-2-21-11(20)9(17)10(19)18-6-3-4-8(13)7(5-6)12(14,15)16/h3-5,9H,2,17H2,1H3,(H,18,19). The average Bonchev–Trinajstić information content (AvgIpc) is 2.39. The van der Waals surface area contributed by atoms with Crippen molar-refractivity contribution in [3.63, 3.8) is 0 Å². The van der Waals surface area contributed by atoms with Crippen LogP contribution >= 0.6 is 0 Å². The molecule has 0 saturated carbocycles. The molecule has 0 aliphatic rings. The molecule has 3 N–H and O–H groups in total. The molecule has 0 fully saturated rings. The number of alkyl halides is 3. The van der Waals surface area contributed by atoms with E-state index < -0.39 is 35.5 Å². The van der Waals surface area contributed by atoms with E-state index in [4.69, 9.17) is 5.73 Å². The molecular weight excluding hydrogens is 296 g/mol. The third-order valence-electron chi connectivity index (χ3n) is 2.36. The van der Waals surface area contributed by atoms with Crippen LogP contribution in [-0.4, -0.2) is 24.5 Å². The minimum Gasteiger partial charge on any atom is -0.464 e. The zero-order chi connectivity index (χ0) is 16.2. The molecule has 0 aromatic heterocycles. The van der Waals surface area contributed by atoms with Crippen molar-refractivity contribution in [2.45, 2.75) is 19.1 Å². The zero-order valence-corrected chi connectivity index (χ0v) is 10.8. The second-order valence-corrected chi connectivity index (χ2v) is 3.91. The highest BCUT2D eigenvalue weighted by atomic mass is 19.4. The summed E-state index contributed by atoms with van der Waals surface area (Å²) in [4.78, 5) is 22.8. The quantitative estimate of drug-likeness (QED) is 0.504. The summed E-state index contributed by atoms with van der Waals surface area (Å²) in [6, 6.07) is 0.184. The first-order chi connectivity index (χ1) is 9.66. The first-order valence-electron chi connectivity index (χ1n) is 5.76. The van der Waals surface area contributed by atoms with Gasteiger partial charge in [0.05, 0.1) is 12.2 Å². The molecule has 0 radical (unpaired) electrons. The summed E-state index contributed by atoms with van der Waals surface area (Å²) in [7, 11) is 0. The normalized spacial score (nSPS) is 12.7. The number of hydrogen-bond acceptors (Lipinski definition) is 4. The summed E-state index contributed by atoms with van der Waals surface area (Å²) in [6.45, 7) is 1.49. The lowest BCUT2D eigenvalue weighted by Crippen LogP contribution is -2.43. The van der Waals surface area contributed by atoms with Crippen molar-refractivity contribution >= 4 is 17.6 Å². The van der Waals surface area contributed by atoms with E-state index in [0.29, 0.717) is 12.1 Å². The third kappa shape index (κ3) is 4.42. The molecule has 21 heavy (non-hydrogen) atoms. The SMILES string of the molecule is CCOC(=O)C(N)C(=O)Nc1ccc(F)c(C(F)(F)F)c1. The van der Waals surface area contributed by atoms with E-state index in [1.165, 1.54) is 6.92 Å². The summed E-state index contributed by atoms with van der Waals surface area (Å²) in [5.41, 5.74) is 3.39. The van der Waals surface area contributed by atoms with E-state index in [0.717, 1.165) is 6.07 Å². The number of amides is 1. The predicted octanol–water partition coefficient (Wildman–Crippen LogP) is 1.67. The molecule has 1 aromatic carbocycles. The van der Waals surface area contributed by atoms with Gasteiger partial charge in [0, 0.05) is 5.69 Å². The number of halogens is 4. The van der Waals surface area contributed by atoms with Crippen LogP contribution in [0.4, 0.5) is 23.2 Å². The van der Waals surface area contributed by atoms with Crippen LogP contribution < -0.4 is 11.1 Å². The molecule has 1 aromatic rings. The van der Waals surface area contributed by atoms with Crippen molar-refractivity contribution in [2.24, 2.45) is 5.73 Å². The fourth-order valence-corrected chi connectivity index (χ4v) is 1.38. The van der Waals surface area contributed by atoms with Crippen LogP contribution in [0, 0.1) is 5.82 Å². The Bertz CT molecular complexity index is 546. The zero-order valence-electron chi connectivity index (χ0n) is 10.8. The molecule has 0 spiro atoms. The summed E-state index contributed by atoms with van der Waals surface area (Å²) in [6.07, 6.45) is -4.91. The lowest BCUT2D eigenvalue weighted by Gasteiger charge is -2.13. The summed E-state index contributed by atoms with van der Waals surface area (Å²) >= 11 is 0. The minimum absolute atomic E-state index is 0.00537. The molecular formula is C12H12F4N2O3. The maximum atomic E-state index is 13.1. The van der Waals surface area contributed by atoms with Crippen molar-refractivity contribution < 1.29 is 31.9 Å². The first-order valence-corrected chi connectivity index (χ1v) is 5.76. The fraction of sp³-hybridized carbons (Fsp3) is 0.333. The molecule has 1 unspecified atom stereocenters. The van der Waals surface area contributed by atoms with Crippen LogP contribution in [0.3, 0.4) is 0 Å². The maximum absolute atomic E-state index is 13.1. The number of nitrogens with one attached hydrogen (secondary N) is 1. The Labute approximate surface area is 117 Å². The highest BCUT2D eigenvalue weighted by molar-refractivity contribution is 6.08. The number of ether oxygens (including phenoxy) is 1. The van der Waals surface area contributed by atoms with Crippen molar-refractivity contribution in [3.05, 3.63) is 29.6 Å². The van der Waals surface area contributed by atoms with E-state index in [1.807, 2.05) is 5.32 Å². The van der Waals surface area contributed by atoms with E-state index in [9.17, 15) is 27.2 Å². The van der Waals surface area contributed by atoms with E-state index in [1.54, 1.807) is 0 Å². The predicted molar refractivity (Wildman–Crippen MR) is 64.6 cm³/mol. The molecule has 5 nitrogen and oxygen atoms in total. The Hall–Kier alpha value is -2.16. The number of benzene rings is 1. The Kier molecular flexibility index (Phi) is 5.25. The molecule has 0 saturated heterocycles. The minimum atomic E-state index is -4.91. The van der Waals surface area contributed by atoms with Crippen LogP contribution in [0.25, 0.3) is 0 Å². The van der Waals surface area contributed by atoms with Gasteiger partial charge in [0.1, 0.15) is 5.82 Å². The van der Waals surface area contributed by atoms with Crippen LogP contribution in [-0.2, 0) is 20.5 Å². The summed E-state index contributed by atoms with van der Waals surface area (Å²) in [5.74, 6) is -3.56. The van der Waals surface area contributed by atoms with Gasteiger partial charge in [-0.2, -0.15) is 13.2 Å². The van der Waals surface area contributed by atoms with Crippen molar-refractivity contribution in [1.29, 1.82) is 0 Å². The number of carbonyl (C=O) groups excluding carboxylic acids is 2. The van der Waals surface area contributed by atoms with E-state index in [2.05, 4.69) is 4.74 Å². The lowest BCUT2D eigenvalue weighted by atomic mass is 10.1. The van der Waals surface area contributed by atoms with Gasteiger partial charge in [-0.15, -0.1) is 0 Å². The monoisotopic (exact) mass is 308 g/mol. The second-order valence-electron chi connectivity index (χ2n) is 3.91. The van der Waals surface area contributed by atoms with Crippen LogP contribution in [0.1, 0.15) is 12.5 Å². The number of anilines is 1. The largest absolute Gasteiger partial charge is 0.464 e. The van der Waals surface area contributed by atoms with Gasteiger partial charge in [0.15, 0.2) is 6.04 Å². The number of nitrogens with two attached hydrogens (primary N) is 1. The fourth-order valence-electron chi connectivity index (χ4n) is 1.38. The topological polar surface area (TPSA) is 81.4 Å².